The Morgan fingerprint density at radius 3 is 2.81 bits per heavy atom. The Kier molecular flexibility index (Phi) is 4.77. The molecular weight excluding hydrogens is 277 g/mol. The van der Waals surface area contributed by atoms with Gasteiger partial charge in [-0.3, -0.25) is 4.79 Å². The molecular formula is C15H18FNO4. The van der Waals surface area contributed by atoms with E-state index >= 15 is 0 Å². The highest BCUT2D eigenvalue weighted by atomic mass is 19.1. The number of carboxylic acids is 1. The van der Waals surface area contributed by atoms with Crippen LogP contribution >= 0.6 is 0 Å². The van der Waals surface area contributed by atoms with E-state index in [0.717, 1.165) is 12.8 Å². The number of esters is 1. The van der Waals surface area contributed by atoms with Crippen LogP contribution in [0.2, 0.25) is 0 Å². The molecule has 114 valence electrons. The van der Waals surface area contributed by atoms with E-state index in [2.05, 4.69) is 10.1 Å². The van der Waals surface area contributed by atoms with Gasteiger partial charge in [-0.1, -0.05) is 6.42 Å². The van der Waals surface area contributed by atoms with Gasteiger partial charge in [0.2, 0.25) is 0 Å². The van der Waals surface area contributed by atoms with Gasteiger partial charge in [0.1, 0.15) is 5.82 Å². The Labute approximate surface area is 122 Å². The number of methoxy groups -OCH3 is 1. The topological polar surface area (TPSA) is 75.6 Å². The van der Waals surface area contributed by atoms with Crippen LogP contribution in [-0.4, -0.2) is 30.2 Å². The van der Waals surface area contributed by atoms with Crippen LogP contribution in [0.4, 0.5) is 10.1 Å². The van der Waals surface area contributed by atoms with E-state index in [9.17, 15) is 14.0 Å². The van der Waals surface area contributed by atoms with Crippen LogP contribution in [0, 0.1) is 11.7 Å². The van der Waals surface area contributed by atoms with Gasteiger partial charge in [-0.05, 0) is 37.5 Å². The second kappa shape index (κ2) is 6.56. The monoisotopic (exact) mass is 295 g/mol. The van der Waals surface area contributed by atoms with Crippen molar-refractivity contribution in [2.24, 2.45) is 5.92 Å². The van der Waals surface area contributed by atoms with E-state index in [1.807, 2.05) is 0 Å². The molecule has 0 amide bonds. The van der Waals surface area contributed by atoms with Crippen molar-refractivity contribution in [1.29, 1.82) is 0 Å². The minimum atomic E-state index is -0.811. The molecule has 2 N–H and O–H groups in total. The number of carboxylic acid groups (broad SMARTS) is 1. The van der Waals surface area contributed by atoms with Gasteiger partial charge in [0, 0.05) is 6.04 Å². The van der Waals surface area contributed by atoms with Crippen molar-refractivity contribution in [3.63, 3.8) is 0 Å². The number of rotatable bonds is 4. The van der Waals surface area contributed by atoms with Gasteiger partial charge in [0.15, 0.2) is 0 Å². The highest BCUT2D eigenvalue weighted by molar-refractivity contribution is 5.95. The maximum absolute atomic E-state index is 13.4. The highest BCUT2D eigenvalue weighted by Gasteiger charge is 2.27. The van der Waals surface area contributed by atoms with Crippen molar-refractivity contribution in [3.8, 4) is 0 Å². The molecule has 0 heterocycles. The van der Waals surface area contributed by atoms with E-state index < -0.39 is 23.7 Å². The molecule has 1 saturated carbocycles. The molecule has 0 aliphatic heterocycles. The van der Waals surface area contributed by atoms with Gasteiger partial charge in [0.05, 0.1) is 24.3 Å². The minimum Gasteiger partial charge on any atom is -0.481 e. The Bertz CT molecular complexity index is 546. The Hall–Kier alpha value is -2.11. The van der Waals surface area contributed by atoms with E-state index in [-0.39, 0.29) is 11.6 Å². The summed E-state index contributed by atoms with van der Waals surface area (Å²) in [7, 11) is 1.26. The summed E-state index contributed by atoms with van der Waals surface area (Å²) in [5.74, 6) is -2.22. The highest BCUT2D eigenvalue weighted by Crippen LogP contribution is 2.28. The number of ether oxygens (including phenoxy) is 1. The van der Waals surface area contributed by atoms with Crippen LogP contribution in [0.15, 0.2) is 18.2 Å². The summed E-state index contributed by atoms with van der Waals surface area (Å²) in [6.45, 7) is 0. The second-order valence-electron chi connectivity index (χ2n) is 5.22. The van der Waals surface area contributed by atoms with E-state index in [0.29, 0.717) is 18.5 Å². The molecule has 1 aromatic rings. The van der Waals surface area contributed by atoms with Gasteiger partial charge >= 0.3 is 11.9 Å². The zero-order valence-electron chi connectivity index (χ0n) is 11.8. The molecule has 1 fully saturated rings. The molecule has 0 radical (unpaired) electrons. The number of carbonyl (C=O) groups is 2. The standard InChI is InChI=1S/C15H18FNO4/c1-21-15(20)12-6-5-10(16)8-13(12)17-11-4-2-3-9(7-11)14(18)19/h5-6,8-9,11,17H,2-4,7H2,1H3,(H,18,19). The summed E-state index contributed by atoms with van der Waals surface area (Å²) in [5, 5.41) is 12.2. The van der Waals surface area contributed by atoms with E-state index in [4.69, 9.17) is 5.11 Å². The Balaban J connectivity index is 2.16. The molecule has 0 aromatic heterocycles. The zero-order chi connectivity index (χ0) is 15.4. The lowest BCUT2D eigenvalue weighted by Crippen LogP contribution is -2.31. The third kappa shape index (κ3) is 3.71. The number of hydrogen-bond donors (Lipinski definition) is 2. The number of nitrogens with one attached hydrogen (secondary N) is 1. The summed E-state index contributed by atoms with van der Waals surface area (Å²) < 4.78 is 18.1. The molecule has 5 nitrogen and oxygen atoms in total. The average Bonchev–Trinajstić information content (AvgIpc) is 2.47. The number of aliphatic carboxylic acids is 1. The number of carbonyl (C=O) groups excluding carboxylic acids is 1. The first-order valence-electron chi connectivity index (χ1n) is 6.88. The van der Waals surface area contributed by atoms with Crippen molar-refractivity contribution in [2.75, 3.05) is 12.4 Å². The molecule has 1 aliphatic rings. The Morgan fingerprint density at radius 2 is 2.14 bits per heavy atom. The second-order valence-corrected chi connectivity index (χ2v) is 5.22. The van der Waals surface area contributed by atoms with Gasteiger partial charge in [-0.15, -0.1) is 0 Å². The largest absolute Gasteiger partial charge is 0.481 e. The number of benzene rings is 1. The molecule has 6 heteroatoms. The first-order valence-corrected chi connectivity index (χ1v) is 6.88. The predicted octanol–water partition coefficient (Wildman–Crippen LogP) is 2.67. The molecule has 0 saturated heterocycles. The fourth-order valence-corrected chi connectivity index (χ4v) is 2.69. The molecule has 0 spiro atoms. The van der Waals surface area contributed by atoms with Gasteiger partial charge in [-0.2, -0.15) is 0 Å². The maximum atomic E-state index is 13.4. The number of halogens is 1. The van der Waals surface area contributed by atoms with Crippen LogP contribution in [0.25, 0.3) is 0 Å². The maximum Gasteiger partial charge on any atom is 0.339 e. The smallest absolute Gasteiger partial charge is 0.339 e. The molecule has 2 atom stereocenters. The zero-order valence-corrected chi connectivity index (χ0v) is 11.8. The van der Waals surface area contributed by atoms with Crippen LogP contribution in [0.3, 0.4) is 0 Å². The van der Waals surface area contributed by atoms with Crippen molar-refractivity contribution >= 4 is 17.6 Å². The summed E-state index contributed by atoms with van der Waals surface area (Å²) in [5.41, 5.74) is 0.592. The lowest BCUT2D eigenvalue weighted by atomic mass is 9.85. The van der Waals surface area contributed by atoms with Gasteiger partial charge in [-0.25, -0.2) is 9.18 Å². The first kappa shape index (κ1) is 15.3. The minimum absolute atomic E-state index is 0.0925. The van der Waals surface area contributed by atoms with Crippen LogP contribution in [0.5, 0.6) is 0 Å². The number of hydrogen-bond acceptors (Lipinski definition) is 4. The summed E-state index contributed by atoms with van der Waals surface area (Å²) in [4.78, 5) is 22.7. The van der Waals surface area contributed by atoms with Crippen molar-refractivity contribution in [3.05, 3.63) is 29.6 Å². The van der Waals surface area contributed by atoms with Crippen LogP contribution in [0.1, 0.15) is 36.0 Å². The van der Waals surface area contributed by atoms with Crippen molar-refractivity contribution < 1.29 is 23.8 Å². The number of anilines is 1. The lowest BCUT2D eigenvalue weighted by molar-refractivity contribution is -0.142. The molecule has 0 bridgehead atoms. The normalized spacial score (nSPS) is 21.6. The quantitative estimate of drug-likeness (QED) is 0.835. The van der Waals surface area contributed by atoms with Crippen molar-refractivity contribution in [2.45, 2.75) is 31.7 Å². The van der Waals surface area contributed by atoms with Gasteiger partial charge in [0.25, 0.3) is 0 Å². The first-order chi connectivity index (χ1) is 10.0. The SMILES string of the molecule is COC(=O)c1ccc(F)cc1NC1CCCC(C(=O)O)C1. The summed E-state index contributed by atoms with van der Waals surface area (Å²) >= 11 is 0. The fourth-order valence-electron chi connectivity index (χ4n) is 2.69. The lowest BCUT2D eigenvalue weighted by Gasteiger charge is -2.28. The summed E-state index contributed by atoms with van der Waals surface area (Å²) in [6.07, 6.45) is 2.70. The van der Waals surface area contributed by atoms with E-state index in [1.54, 1.807) is 0 Å². The molecule has 1 aliphatic carbocycles. The molecule has 2 unspecified atom stereocenters. The predicted molar refractivity (Wildman–Crippen MR) is 74.7 cm³/mol. The van der Waals surface area contributed by atoms with E-state index in [1.165, 1.54) is 25.3 Å². The third-order valence-electron chi connectivity index (χ3n) is 3.77. The average molecular weight is 295 g/mol. The third-order valence-corrected chi connectivity index (χ3v) is 3.77. The Morgan fingerprint density at radius 1 is 1.38 bits per heavy atom. The molecule has 21 heavy (non-hydrogen) atoms. The van der Waals surface area contributed by atoms with Crippen LogP contribution in [-0.2, 0) is 9.53 Å². The fraction of sp³-hybridized carbons (Fsp3) is 0.467. The molecule has 2 rings (SSSR count). The van der Waals surface area contributed by atoms with Crippen molar-refractivity contribution in [1.82, 2.24) is 0 Å². The van der Waals surface area contributed by atoms with Gasteiger partial charge < -0.3 is 15.2 Å². The molecule has 1 aromatic carbocycles. The summed E-state index contributed by atoms with van der Waals surface area (Å²) in [6, 6.07) is 3.70. The van der Waals surface area contributed by atoms with Crippen LogP contribution < -0.4 is 5.32 Å².